The Kier molecular flexibility index (Phi) is 5.18. The smallest absolute Gasteiger partial charge is 0.103 e. The van der Waals surface area contributed by atoms with Crippen LogP contribution in [0.4, 0.5) is 5.69 Å². The Balaban J connectivity index is 1.95. The van der Waals surface area contributed by atoms with Crippen LogP contribution in [0.15, 0.2) is 30.5 Å². The molecule has 2 aromatic rings. The van der Waals surface area contributed by atoms with E-state index >= 15 is 0 Å². The van der Waals surface area contributed by atoms with E-state index < -0.39 is 0 Å². The summed E-state index contributed by atoms with van der Waals surface area (Å²) in [5.74, 6) is 0.956. The second kappa shape index (κ2) is 7.10. The van der Waals surface area contributed by atoms with Crippen molar-refractivity contribution in [1.29, 1.82) is 0 Å². The lowest BCUT2D eigenvalue weighted by Gasteiger charge is -2.18. The monoisotopic (exact) mass is 272 g/mol. The highest BCUT2D eigenvalue weighted by Crippen LogP contribution is 2.13. The van der Waals surface area contributed by atoms with E-state index in [2.05, 4.69) is 58.3 Å². The molecule has 2 rings (SSSR count). The van der Waals surface area contributed by atoms with Gasteiger partial charge in [-0.15, -0.1) is 0 Å². The topological polar surface area (TPSA) is 44.0 Å². The maximum atomic E-state index is 4.21. The number of nitrogens with one attached hydrogen (secondary N) is 2. The number of hydrogen-bond acceptors (Lipinski definition) is 3. The number of nitrogens with zero attached hydrogens (tertiary/aromatic N) is 2. The largest absolute Gasteiger partial charge is 0.379 e. The van der Waals surface area contributed by atoms with Crippen LogP contribution < -0.4 is 5.32 Å². The SMILES string of the molecule is CCN(CC)Cc1cccc(NCc2cnc(C)[nH]2)c1. The zero-order valence-electron chi connectivity index (χ0n) is 12.6. The normalized spacial score (nSPS) is 11.0. The van der Waals surface area contributed by atoms with Crippen LogP contribution in [-0.2, 0) is 13.1 Å². The van der Waals surface area contributed by atoms with Gasteiger partial charge in [0.1, 0.15) is 5.82 Å². The standard InChI is InChI=1S/C16H24N4/c1-4-20(5-2)12-14-7-6-8-15(9-14)18-11-16-10-17-13(3)19-16/h6-10,18H,4-5,11-12H2,1-3H3,(H,17,19). The molecule has 0 bridgehead atoms. The van der Waals surface area contributed by atoms with Gasteiger partial charge < -0.3 is 10.3 Å². The van der Waals surface area contributed by atoms with Gasteiger partial charge in [0.2, 0.25) is 0 Å². The zero-order valence-corrected chi connectivity index (χ0v) is 12.6. The van der Waals surface area contributed by atoms with Gasteiger partial charge in [-0.2, -0.15) is 0 Å². The summed E-state index contributed by atoms with van der Waals surface area (Å²) in [6.45, 7) is 10.3. The maximum absolute atomic E-state index is 4.21. The highest BCUT2D eigenvalue weighted by Gasteiger charge is 2.02. The van der Waals surface area contributed by atoms with E-state index in [-0.39, 0.29) is 0 Å². The fraction of sp³-hybridized carbons (Fsp3) is 0.438. The van der Waals surface area contributed by atoms with E-state index in [1.807, 2.05) is 13.1 Å². The van der Waals surface area contributed by atoms with Gasteiger partial charge in [0.15, 0.2) is 0 Å². The van der Waals surface area contributed by atoms with Gasteiger partial charge in [-0.1, -0.05) is 26.0 Å². The Labute approximate surface area is 121 Å². The molecule has 1 aromatic heterocycles. The van der Waals surface area contributed by atoms with Crippen LogP contribution in [0, 0.1) is 6.92 Å². The molecule has 0 unspecified atom stereocenters. The third-order valence-electron chi connectivity index (χ3n) is 3.47. The number of H-pyrrole nitrogens is 1. The van der Waals surface area contributed by atoms with Crippen molar-refractivity contribution in [2.24, 2.45) is 0 Å². The Bertz CT molecular complexity index is 529. The van der Waals surface area contributed by atoms with Gasteiger partial charge in [-0.25, -0.2) is 4.98 Å². The molecule has 1 heterocycles. The summed E-state index contributed by atoms with van der Waals surface area (Å²) in [5, 5.41) is 3.43. The molecule has 20 heavy (non-hydrogen) atoms. The number of benzene rings is 1. The van der Waals surface area contributed by atoms with Crippen molar-refractivity contribution < 1.29 is 0 Å². The highest BCUT2D eigenvalue weighted by atomic mass is 15.1. The van der Waals surface area contributed by atoms with Crippen molar-refractivity contribution in [3.05, 3.63) is 47.5 Å². The third-order valence-corrected chi connectivity index (χ3v) is 3.47. The molecular weight excluding hydrogens is 248 g/mol. The average molecular weight is 272 g/mol. The molecule has 0 fully saturated rings. The molecule has 108 valence electrons. The molecule has 0 aliphatic carbocycles. The van der Waals surface area contributed by atoms with E-state index in [1.54, 1.807) is 0 Å². The van der Waals surface area contributed by atoms with Crippen LogP contribution >= 0.6 is 0 Å². The minimum absolute atomic E-state index is 0.773. The fourth-order valence-electron chi connectivity index (χ4n) is 2.24. The minimum atomic E-state index is 0.773. The van der Waals surface area contributed by atoms with Gasteiger partial charge in [0, 0.05) is 12.2 Å². The summed E-state index contributed by atoms with van der Waals surface area (Å²) in [6.07, 6.45) is 1.88. The quantitative estimate of drug-likeness (QED) is 0.813. The Hall–Kier alpha value is -1.81. The van der Waals surface area contributed by atoms with Crippen molar-refractivity contribution in [3.8, 4) is 0 Å². The lowest BCUT2D eigenvalue weighted by Crippen LogP contribution is -2.22. The molecular formula is C16H24N4. The summed E-state index contributed by atoms with van der Waals surface area (Å²) in [6, 6.07) is 8.62. The Morgan fingerprint density at radius 1 is 1.25 bits per heavy atom. The van der Waals surface area contributed by atoms with E-state index in [0.717, 1.165) is 43.4 Å². The highest BCUT2D eigenvalue weighted by molar-refractivity contribution is 5.45. The number of hydrogen-bond donors (Lipinski definition) is 2. The predicted molar refractivity (Wildman–Crippen MR) is 83.7 cm³/mol. The van der Waals surface area contributed by atoms with Crippen molar-refractivity contribution >= 4 is 5.69 Å². The van der Waals surface area contributed by atoms with Crippen LogP contribution in [0.3, 0.4) is 0 Å². The van der Waals surface area contributed by atoms with Crippen molar-refractivity contribution in [1.82, 2.24) is 14.9 Å². The summed E-state index contributed by atoms with van der Waals surface area (Å²) in [7, 11) is 0. The maximum Gasteiger partial charge on any atom is 0.103 e. The molecule has 0 aliphatic heterocycles. The number of imidazole rings is 1. The summed E-state index contributed by atoms with van der Waals surface area (Å²) >= 11 is 0. The first-order chi connectivity index (χ1) is 9.71. The third kappa shape index (κ3) is 4.10. The first kappa shape index (κ1) is 14.6. The molecule has 4 heteroatoms. The number of aryl methyl sites for hydroxylation is 1. The first-order valence-electron chi connectivity index (χ1n) is 7.27. The van der Waals surface area contributed by atoms with Crippen LogP contribution in [0.25, 0.3) is 0 Å². The van der Waals surface area contributed by atoms with Gasteiger partial charge in [-0.05, 0) is 37.7 Å². The molecule has 0 radical (unpaired) electrons. The number of aromatic nitrogens is 2. The molecule has 0 spiro atoms. The van der Waals surface area contributed by atoms with Crippen molar-refractivity contribution in [2.45, 2.75) is 33.9 Å². The first-order valence-corrected chi connectivity index (χ1v) is 7.27. The molecule has 4 nitrogen and oxygen atoms in total. The minimum Gasteiger partial charge on any atom is -0.379 e. The van der Waals surface area contributed by atoms with Gasteiger partial charge in [0.05, 0.1) is 18.4 Å². The Morgan fingerprint density at radius 3 is 2.70 bits per heavy atom. The molecule has 0 saturated carbocycles. The van der Waals surface area contributed by atoms with Crippen molar-refractivity contribution in [3.63, 3.8) is 0 Å². The molecule has 0 aliphatic rings. The van der Waals surface area contributed by atoms with Gasteiger partial charge >= 0.3 is 0 Å². The van der Waals surface area contributed by atoms with Crippen LogP contribution in [0.5, 0.6) is 0 Å². The fourth-order valence-corrected chi connectivity index (χ4v) is 2.24. The predicted octanol–water partition coefficient (Wildman–Crippen LogP) is 3.17. The van der Waals surface area contributed by atoms with E-state index in [9.17, 15) is 0 Å². The molecule has 1 aromatic carbocycles. The molecule has 2 N–H and O–H groups in total. The van der Waals surface area contributed by atoms with E-state index in [1.165, 1.54) is 5.56 Å². The molecule has 0 saturated heterocycles. The second-order valence-corrected chi connectivity index (χ2v) is 5.01. The van der Waals surface area contributed by atoms with Crippen LogP contribution in [-0.4, -0.2) is 28.0 Å². The molecule has 0 amide bonds. The number of anilines is 1. The second-order valence-electron chi connectivity index (χ2n) is 5.01. The van der Waals surface area contributed by atoms with Crippen molar-refractivity contribution in [2.75, 3.05) is 18.4 Å². The van der Waals surface area contributed by atoms with E-state index in [0.29, 0.717) is 0 Å². The summed E-state index contributed by atoms with van der Waals surface area (Å²) < 4.78 is 0. The number of rotatable bonds is 7. The van der Waals surface area contributed by atoms with Gasteiger partial charge in [-0.3, -0.25) is 4.90 Å². The lowest BCUT2D eigenvalue weighted by molar-refractivity contribution is 0.296. The van der Waals surface area contributed by atoms with E-state index in [4.69, 9.17) is 0 Å². The average Bonchev–Trinajstić information content (AvgIpc) is 2.89. The zero-order chi connectivity index (χ0) is 14.4. The van der Waals surface area contributed by atoms with Gasteiger partial charge in [0.25, 0.3) is 0 Å². The number of aromatic amines is 1. The van der Waals surface area contributed by atoms with Crippen LogP contribution in [0.2, 0.25) is 0 Å². The Morgan fingerprint density at radius 2 is 2.05 bits per heavy atom. The summed E-state index contributed by atoms with van der Waals surface area (Å²) in [4.78, 5) is 9.85. The lowest BCUT2D eigenvalue weighted by atomic mass is 10.2. The van der Waals surface area contributed by atoms with Crippen LogP contribution in [0.1, 0.15) is 30.9 Å². The molecule has 0 atom stereocenters. The summed E-state index contributed by atoms with van der Waals surface area (Å²) in [5.41, 5.74) is 3.61.